The molecule has 174 valence electrons. The number of phenols is 2. The zero-order valence-electron chi connectivity index (χ0n) is 18.8. The molecule has 8 heteroatoms. The fraction of sp³-hybridized carbons (Fsp3) is 0.192. The third kappa shape index (κ3) is 4.56. The summed E-state index contributed by atoms with van der Waals surface area (Å²) in [7, 11) is 0. The fourth-order valence-corrected chi connectivity index (χ4v) is 3.71. The number of fused-ring (bicyclic) bond motifs is 1. The monoisotopic (exact) mass is 460 g/mol. The van der Waals surface area contributed by atoms with Crippen molar-refractivity contribution >= 4 is 34.3 Å². The molecule has 0 aliphatic heterocycles. The van der Waals surface area contributed by atoms with Crippen LogP contribution in [-0.2, 0) is 0 Å². The molecule has 8 nitrogen and oxygen atoms in total. The van der Waals surface area contributed by atoms with E-state index >= 15 is 0 Å². The molecule has 3 N–H and O–H groups in total. The van der Waals surface area contributed by atoms with Gasteiger partial charge in [0.2, 0.25) is 5.78 Å². The van der Waals surface area contributed by atoms with Crippen LogP contribution in [-0.4, -0.2) is 40.7 Å². The lowest BCUT2D eigenvalue weighted by Crippen LogP contribution is -2.27. The van der Waals surface area contributed by atoms with E-state index in [1.54, 1.807) is 48.5 Å². The molecule has 3 aromatic rings. The number of aliphatic imine (C=N–C) groups is 1. The van der Waals surface area contributed by atoms with Crippen LogP contribution in [0.3, 0.4) is 0 Å². The molecule has 0 saturated carbocycles. The second-order valence-electron chi connectivity index (χ2n) is 7.54. The summed E-state index contributed by atoms with van der Waals surface area (Å²) in [6.45, 7) is 4.81. The van der Waals surface area contributed by atoms with E-state index in [9.17, 15) is 19.8 Å². The van der Waals surface area contributed by atoms with Crippen molar-refractivity contribution in [3.8, 4) is 23.0 Å². The summed E-state index contributed by atoms with van der Waals surface area (Å²) in [5, 5.41) is 24.3. The second-order valence-corrected chi connectivity index (χ2v) is 7.54. The molecule has 0 aromatic heterocycles. The third-order valence-electron chi connectivity index (χ3n) is 5.23. The number of carbonyl (C=O) groups excluding carboxylic acids is 2. The van der Waals surface area contributed by atoms with Crippen LogP contribution >= 0.6 is 0 Å². The van der Waals surface area contributed by atoms with Crippen LogP contribution in [0.4, 0.5) is 17.1 Å². The quantitative estimate of drug-likeness (QED) is 0.328. The maximum absolute atomic E-state index is 13.1. The Kier molecular flexibility index (Phi) is 6.49. The molecule has 0 radical (unpaired) electrons. The zero-order chi connectivity index (χ0) is 24.2. The van der Waals surface area contributed by atoms with Gasteiger partial charge in [0.15, 0.2) is 11.5 Å². The van der Waals surface area contributed by atoms with Crippen LogP contribution in [0.2, 0.25) is 0 Å². The number of ketones is 2. The number of carbonyl (C=O) groups is 2. The summed E-state index contributed by atoms with van der Waals surface area (Å²) < 4.78 is 10.8. The fourth-order valence-electron chi connectivity index (χ4n) is 3.71. The van der Waals surface area contributed by atoms with Crippen LogP contribution in [0.1, 0.15) is 41.0 Å². The molecule has 0 amide bonds. The third-order valence-corrected chi connectivity index (χ3v) is 5.23. The first-order valence-corrected chi connectivity index (χ1v) is 10.9. The van der Waals surface area contributed by atoms with Gasteiger partial charge in [0.25, 0.3) is 0 Å². The zero-order valence-corrected chi connectivity index (χ0v) is 18.8. The Bertz CT molecular complexity index is 1260. The number of anilines is 2. The summed E-state index contributed by atoms with van der Waals surface area (Å²) in [6.07, 6.45) is -0.293. The highest BCUT2D eigenvalue weighted by molar-refractivity contribution is 6.54. The first kappa shape index (κ1) is 22.8. The maximum Gasteiger partial charge on any atom is 0.212 e. The largest absolute Gasteiger partial charge is 0.507 e. The number of phenolic OH excluding ortho intramolecular Hbond substituents is 2. The Morgan fingerprint density at radius 3 is 2.06 bits per heavy atom. The average Bonchev–Trinajstić information content (AvgIpc) is 2.82. The Morgan fingerprint density at radius 1 is 0.882 bits per heavy atom. The highest BCUT2D eigenvalue weighted by Gasteiger charge is 2.35. The number of hydrogen-bond donors (Lipinski definition) is 3. The minimum absolute atomic E-state index is 0.0106. The van der Waals surface area contributed by atoms with Gasteiger partial charge in [-0.15, -0.1) is 0 Å². The summed E-state index contributed by atoms with van der Waals surface area (Å²) >= 11 is 0. The van der Waals surface area contributed by atoms with E-state index in [0.717, 1.165) is 0 Å². The number of aromatic hydroxyl groups is 2. The molecule has 0 unspecified atom stereocenters. The van der Waals surface area contributed by atoms with Crippen LogP contribution in [0, 0.1) is 0 Å². The number of ether oxygens (including phenoxy) is 2. The lowest BCUT2D eigenvalue weighted by atomic mass is 9.86. The predicted octanol–water partition coefficient (Wildman–Crippen LogP) is 5.18. The van der Waals surface area contributed by atoms with Gasteiger partial charge in [0.05, 0.1) is 47.8 Å². The van der Waals surface area contributed by atoms with E-state index in [0.29, 0.717) is 36.1 Å². The number of Topliss-reactive ketones (excluding diaryl/α,β-unsaturated/α-hetero) is 2. The second kappa shape index (κ2) is 9.66. The lowest BCUT2D eigenvalue weighted by molar-refractivity contribution is 0.0960. The molecule has 0 bridgehead atoms. The first-order chi connectivity index (χ1) is 16.4. The summed E-state index contributed by atoms with van der Waals surface area (Å²) in [5.74, 6) is -0.589. The first-order valence-electron chi connectivity index (χ1n) is 10.9. The van der Waals surface area contributed by atoms with E-state index in [4.69, 9.17) is 9.47 Å². The van der Waals surface area contributed by atoms with Gasteiger partial charge in [-0.25, -0.2) is 4.99 Å². The van der Waals surface area contributed by atoms with E-state index in [1.165, 1.54) is 6.07 Å². The summed E-state index contributed by atoms with van der Waals surface area (Å²) in [5.41, 5.74) is 0.697. The van der Waals surface area contributed by atoms with E-state index in [2.05, 4.69) is 10.3 Å². The van der Waals surface area contributed by atoms with Gasteiger partial charge in [-0.05, 0) is 62.4 Å². The van der Waals surface area contributed by atoms with Crippen molar-refractivity contribution in [3.63, 3.8) is 0 Å². The normalized spacial score (nSPS) is 14.1. The topological polar surface area (TPSA) is 117 Å². The smallest absolute Gasteiger partial charge is 0.212 e. The van der Waals surface area contributed by atoms with Crippen molar-refractivity contribution in [2.45, 2.75) is 20.3 Å². The Labute approximate surface area is 196 Å². The number of hydrogen-bond acceptors (Lipinski definition) is 8. The molecule has 1 aliphatic rings. The molecular weight excluding hydrogens is 436 g/mol. The molecule has 0 saturated heterocycles. The highest BCUT2D eigenvalue weighted by atomic mass is 16.5. The van der Waals surface area contributed by atoms with Crippen molar-refractivity contribution in [3.05, 3.63) is 65.7 Å². The molecular formula is C26H24N2O6. The minimum Gasteiger partial charge on any atom is -0.507 e. The number of benzene rings is 3. The molecule has 0 atom stereocenters. The van der Waals surface area contributed by atoms with Gasteiger partial charge in [-0.3, -0.25) is 9.59 Å². The molecule has 1 aliphatic carbocycles. The van der Waals surface area contributed by atoms with Gasteiger partial charge in [0.1, 0.15) is 17.2 Å². The molecule has 0 heterocycles. The Morgan fingerprint density at radius 2 is 1.47 bits per heavy atom. The van der Waals surface area contributed by atoms with Gasteiger partial charge in [-0.1, -0.05) is 0 Å². The predicted molar refractivity (Wildman–Crippen MR) is 129 cm³/mol. The summed E-state index contributed by atoms with van der Waals surface area (Å²) in [4.78, 5) is 30.3. The van der Waals surface area contributed by atoms with Crippen molar-refractivity contribution in [2.24, 2.45) is 4.99 Å². The van der Waals surface area contributed by atoms with Crippen molar-refractivity contribution in [1.82, 2.24) is 0 Å². The molecule has 0 fully saturated rings. The van der Waals surface area contributed by atoms with E-state index < -0.39 is 23.1 Å². The van der Waals surface area contributed by atoms with Crippen molar-refractivity contribution < 1.29 is 29.3 Å². The van der Waals surface area contributed by atoms with Crippen LogP contribution in [0.15, 0.2) is 59.6 Å². The van der Waals surface area contributed by atoms with Gasteiger partial charge in [0, 0.05) is 11.8 Å². The van der Waals surface area contributed by atoms with Crippen LogP contribution in [0.25, 0.3) is 0 Å². The average molecular weight is 460 g/mol. The SMILES string of the molecule is CCOc1ccc(N=C2CC(=O)c3c(O)c(Nc4ccc(OCC)cc4)cc(O)c3C2=O)cc1. The summed E-state index contributed by atoms with van der Waals surface area (Å²) in [6, 6.07) is 15.0. The van der Waals surface area contributed by atoms with Crippen molar-refractivity contribution in [1.29, 1.82) is 0 Å². The van der Waals surface area contributed by atoms with Crippen molar-refractivity contribution in [2.75, 3.05) is 18.5 Å². The number of rotatable bonds is 7. The highest BCUT2D eigenvalue weighted by Crippen LogP contribution is 2.41. The molecule has 4 rings (SSSR count). The minimum atomic E-state index is -0.607. The number of nitrogens with zero attached hydrogens (tertiary/aromatic N) is 1. The standard InChI is InChI=1S/C26H24N2O6/c1-3-33-17-9-5-15(6-10-17)27-19-13-21(29)24-23(25(19)31)22(30)14-20(26(24)32)28-16-7-11-18(12-8-16)34-4-2/h5-13,27,29,31H,3-4,14H2,1-2H3. The van der Waals surface area contributed by atoms with Gasteiger partial charge < -0.3 is 25.0 Å². The molecule has 34 heavy (non-hydrogen) atoms. The molecule has 3 aromatic carbocycles. The Balaban J connectivity index is 1.64. The molecule has 0 spiro atoms. The lowest BCUT2D eigenvalue weighted by Gasteiger charge is -2.20. The number of nitrogens with one attached hydrogen (secondary N) is 1. The van der Waals surface area contributed by atoms with E-state index in [1.807, 2.05) is 13.8 Å². The van der Waals surface area contributed by atoms with Gasteiger partial charge >= 0.3 is 0 Å². The van der Waals surface area contributed by atoms with E-state index in [-0.39, 0.29) is 28.9 Å². The Hall–Kier alpha value is -4.33. The van der Waals surface area contributed by atoms with Crippen LogP contribution in [0.5, 0.6) is 23.0 Å². The van der Waals surface area contributed by atoms with Gasteiger partial charge in [-0.2, -0.15) is 0 Å². The van der Waals surface area contributed by atoms with Crippen LogP contribution < -0.4 is 14.8 Å². The maximum atomic E-state index is 13.1.